The molecule has 0 aliphatic carbocycles. The highest BCUT2D eigenvalue weighted by Gasteiger charge is 2.40. The van der Waals surface area contributed by atoms with Crippen molar-refractivity contribution in [2.45, 2.75) is 90.9 Å². The van der Waals surface area contributed by atoms with E-state index in [1.54, 1.807) is 11.8 Å². The summed E-state index contributed by atoms with van der Waals surface area (Å²) >= 11 is 0. The van der Waals surface area contributed by atoms with Crippen LogP contribution in [-0.2, 0) is 32.2 Å². The number of carbonyl (C=O) groups is 2. The number of hydrogen-bond donors (Lipinski definition) is 2. The lowest BCUT2D eigenvalue weighted by molar-refractivity contribution is -0.257. The fourth-order valence-electron chi connectivity index (χ4n) is 5.70. The van der Waals surface area contributed by atoms with Gasteiger partial charge in [0.2, 0.25) is 0 Å². The normalized spacial score (nSPS) is 21.6. The molecule has 2 heterocycles. The quantitative estimate of drug-likeness (QED) is 0.164. The van der Waals surface area contributed by atoms with Crippen LogP contribution in [0, 0.1) is 17.8 Å². The van der Waals surface area contributed by atoms with Gasteiger partial charge in [-0.1, -0.05) is 74.9 Å². The van der Waals surface area contributed by atoms with Gasteiger partial charge < -0.3 is 29.4 Å². The molecule has 1 amide bonds. The Labute approximate surface area is 277 Å². The molecule has 3 aromatic rings. The number of nitrogens with one attached hydrogen (secondary N) is 1. The highest BCUT2D eigenvalue weighted by Crippen LogP contribution is 2.36. The molecule has 6 unspecified atom stereocenters. The van der Waals surface area contributed by atoms with Gasteiger partial charge in [0.1, 0.15) is 23.8 Å². The minimum absolute atomic E-state index is 0.103. The molecule has 2 aromatic carbocycles. The van der Waals surface area contributed by atoms with Gasteiger partial charge in [0.15, 0.2) is 6.29 Å². The molecular formula is C36H50N4O7. The zero-order chi connectivity index (χ0) is 33.6. The lowest BCUT2D eigenvalue weighted by Crippen LogP contribution is -2.48. The second kappa shape index (κ2) is 18.5. The third-order valence-corrected chi connectivity index (χ3v) is 9.08. The molecule has 2 N–H and O–H groups in total. The van der Waals surface area contributed by atoms with Gasteiger partial charge in [-0.2, -0.15) is 0 Å². The fourth-order valence-corrected chi connectivity index (χ4v) is 5.70. The monoisotopic (exact) mass is 650 g/mol. The number of aromatic nitrogens is 3. The molecule has 0 saturated carbocycles. The van der Waals surface area contributed by atoms with Crippen molar-refractivity contribution in [3.63, 3.8) is 0 Å². The maximum atomic E-state index is 12.4. The Kier molecular flexibility index (Phi) is 14.2. The zero-order valence-corrected chi connectivity index (χ0v) is 28.0. The van der Waals surface area contributed by atoms with Crippen LogP contribution in [0.3, 0.4) is 0 Å². The molecule has 1 aliphatic rings. The Bertz CT molecular complexity index is 1380. The number of aliphatic hydroxyl groups excluding tert-OH is 1. The molecular weight excluding hydrogens is 600 g/mol. The van der Waals surface area contributed by atoms with Crippen LogP contribution in [0.5, 0.6) is 5.75 Å². The number of hydrogen-bond acceptors (Lipinski definition) is 9. The fraction of sp³-hybridized carbons (Fsp3) is 0.556. The molecule has 256 valence electrons. The molecule has 1 aromatic heterocycles. The third-order valence-electron chi connectivity index (χ3n) is 9.08. The van der Waals surface area contributed by atoms with Gasteiger partial charge in [0.05, 0.1) is 38.7 Å². The van der Waals surface area contributed by atoms with Crippen molar-refractivity contribution in [1.82, 2.24) is 20.3 Å². The summed E-state index contributed by atoms with van der Waals surface area (Å²) in [7, 11) is 1.64. The van der Waals surface area contributed by atoms with E-state index in [4.69, 9.17) is 18.9 Å². The van der Waals surface area contributed by atoms with Gasteiger partial charge in [-0.05, 0) is 48.8 Å². The summed E-state index contributed by atoms with van der Waals surface area (Å²) in [6.07, 6.45) is 3.52. The van der Waals surface area contributed by atoms with E-state index in [-0.39, 0.29) is 36.9 Å². The smallest absolute Gasteiger partial charge is 0.407 e. The Balaban J connectivity index is 1.10. The van der Waals surface area contributed by atoms with Gasteiger partial charge in [0.25, 0.3) is 0 Å². The Morgan fingerprint density at radius 1 is 1.00 bits per heavy atom. The van der Waals surface area contributed by atoms with Gasteiger partial charge >= 0.3 is 6.09 Å². The largest absolute Gasteiger partial charge is 0.497 e. The average Bonchev–Trinajstić information content (AvgIpc) is 3.56. The zero-order valence-electron chi connectivity index (χ0n) is 28.0. The van der Waals surface area contributed by atoms with E-state index in [1.807, 2.05) is 60.8 Å². The topological polar surface area (TPSA) is 134 Å². The summed E-state index contributed by atoms with van der Waals surface area (Å²) in [5.74, 6) is 1.61. The highest BCUT2D eigenvalue weighted by atomic mass is 16.7. The maximum Gasteiger partial charge on any atom is 0.407 e. The second-order valence-corrected chi connectivity index (χ2v) is 12.5. The molecule has 1 saturated heterocycles. The van der Waals surface area contributed by atoms with Crippen LogP contribution in [0.25, 0.3) is 11.3 Å². The van der Waals surface area contributed by atoms with Crippen LogP contribution in [0.2, 0.25) is 0 Å². The predicted molar refractivity (Wildman–Crippen MR) is 177 cm³/mol. The van der Waals surface area contributed by atoms with Crippen LogP contribution in [0.15, 0.2) is 60.8 Å². The van der Waals surface area contributed by atoms with Gasteiger partial charge in [-0.3, -0.25) is 4.79 Å². The first kappa shape index (κ1) is 36.0. The minimum Gasteiger partial charge on any atom is -0.497 e. The maximum absolute atomic E-state index is 12.4. The van der Waals surface area contributed by atoms with Crippen molar-refractivity contribution < 1.29 is 33.6 Å². The molecule has 11 nitrogen and oxygen atoms in total. The second-order valence-electron chi connectivity index (χ2n) is 12.5. The summed E-state index contributed by atoms with van der Waals surface area (Å²) in [5.41, 5.74) is 2.62. The summed E-state index contributed by atoms with van der Waals surface area (Å²) < 4.78 is 24.8. The van der Waals surface area contributed by atoms with Crippen LogP contribution < -0.4 is 10.1 Å². The molecule has 1 aliphatic heterocycles. The number of alkyl carbamates (subject to hydrolysis) is 1. The van der Waals surface area contributed by atoms with E-state index in [9.17, 15) is 14.7 Å². The summed E-state index contributed by atoms with van der Waals surface area (Å²) in [4.78, 5) is 24.2. The lowest BCUT2D eigenvalue weighted by Gasteiger charge is -2.43. The standard InChI is InChI=1S/C36H50N4O7/c1-25-26(2)34(22-40-21-33(38-39-40)29-14-11-16-32(20-29)44-4)47-35(27(25)3)45-24-31(42)18-17-30(41)15-9-6-10-19-37-36(43)46-23-28-12-7-5-8-13-28/h5,7-8,11-14,16,20-21,25-27,31,34-35,42H,6,9-10,15,17-19,22-24H2,1-4H3,(H,37,43). The van der Waals surface area contributed by atoms with E-state index in [1.165, 1.54) is 0 Å². The molecule has 1 fully saturated rings. The third kappa shape index (κ3) is 11.4. The number of methoxy groups -OCH3 is 1. The number of aliphatic hydroxyl groups is 1. The van der Waals surface area contributed by atoms with Gasteiger partial charge in [-0.15, -0.1) is 5.10 Å². The average molecular weight is 651 g/mol. The van der Waals surface area contributed by atoms with Crippen molar-refractivity contribution in [3.8, 4) is 17.0 Å². The first-order valence-electron chi connectivity index (χ1n) is 16.7. The van der Waals surface area contributed by atoms with Crippen molar-refractivity contribution >= 4 is 11.9 Å². The van der Waals surface area contributed by atoms with E-state index >= 15 is 0 Å². The van der Waals surface area contributed by atoms with Crippen molar-refractivity contribution in [3.05, 3.63) is 66.4 Å². The van der Waals surface area contributed by atoms with Crippen LogP contribution in [-0.4, -0.2) is 70.7 Å². The number of ether oxygens (including phenoxy) is 4. The predicted octanol–water partition coefficient (Wildman–Crippen LogP) is 5.80. The number of Topliss-reactive ketones (excluding diaryl/α,β-unsaturated/α-hetero) is 1. The van der Waals surface area contributed by atoms with E-state index in [2.05, 4.69) is 36.4 Å². The first-order valence-corrected chi connectivity index (χ1v) is 16.7. The van der Waals surface area contributed by atoms with E-state index in [0.717, 1.165) is 41.8 Å². The number of rotatable bonds is 18. The van der Waals surface area contributed by atoms with Crippen molar-refractivity contribution in [2.75, 3.05) is 20.3 Å². The van der Waals surface area contributed by atoms with Gasteiger partial charge in [0, 0.05) is 30.9 Å². The van der Waals surface area contributed by atoms with Crippen LogP contribution in [0.1, 0.15) is 64.9 Å². The highest BCUT2D eigenvalue weighted by molar-refractivity contribution is 5.78. The van der Waals surface area contributed by atoms with Crippen molar-refractivity contribution in [1.29, 1.82) is 0 Å². The molecule has 6 atom stereocenters. The number of ketones is 1. The molecule has 4 rings (SSSR count). The summed E-state index contributed by atoms with van der Waals surface area (Å²) in [5, 5.41) is 22.0. The minimum atomic E-state index is -0.755. The SMILES string of the molecule is COc1cccc(-c2cn(CC3OC(OCC(O)CCC(=O)CCCCCNC(=O)OCc4ccccc4)C(C)C(C)C3C)nn2)c1. The van der Waals surface area contributed by atoms with Crippen LogP contribution >= 0.6 is 0 Å². The van der Waals surface area contributed by atoms with Gasteiger partial charge in [-0.25, -0.2) is 9.48 Å². The summed E-state index contributed by atoms with van der Waals surface area (Å²) in [6, 6.07) is 17.2. The Morgan fingerprint density at radius 2 is 1.81 bits per heavy atom. The molecule has 47 heavy (non-hydrogen) atoms. The molecule has 11 heteroatoms. The number of amides is 1. The number of unbranched alkanes of at least 4 members (excludes halogenated alkanes) is 2. The number of benzene rings is 2. The van der Waals surface area contributed by atoms with E-state index in [0.29, 0.717) is 38.3 Å². The lowest BCUT2D eigenvalue weighted by atomic mass is 9.79. The van der Waals surface area contributed by atoms with E-state index < -0.39 is 18.5 Å². The molecule has 0 spiro atoms. The number of nitrogens with zero attached hydrogens (tertiary/aromatic N) is 3. The molecule has 0 bridgehead atoms. The summed E-state index contributed by atoms with van der Waals surface area (Å²) in [6.45, 7) is 7.86. The molecule has 0 radical (unpaired) electrons. The Hall–Kier alpha value is -3.80. The van der Waals surface area contributed by atoms with Crippen molar-refractivity contribution in [2.24, 2.45) is 17.8 Å². The van der Waals surface area contributed by atoms with Crippen LogP contribution in [0.4, 0.5) is 4.79 Å². The Morgan fingerprint density at radius 3 is 2.60 bits per heavy atom. The first-order chi connectivity index (χ1) is 22.7. The number of carbonyl (C=O) groups excluding carboxylic acids is 2.